The zero-order chi connectivity index (χ0) is 15.0. The summed E-state index contributed by atoms with van der Waals surface area (Å²) in [4.78, 5) is 12.7. The van der Waals surface area contributed by atoms with Crippen molar-refractivity contribution in [1.29, 1.82) is 0 Å². The number of carbonyl (C=O) groups excluding carboxylic acids is 1. The summed E-state index contributed by atoms with van der Waals surface area (Å²) in [5.74, 6) is 0.379. The molecular weight excluding hydrogens is 252 g/mol. The molecule has 0 N–H and O–H groups in total. The molecule has 0 aromatic heterocycles. The Kier molecular flexibility index (Phi) is 4.48. The predicted molar refractivity (Wildman–Crippen MR) is 79.2 cm³/mol. The van der Waals surface area contributed by atoms with Crippen molar-refractivity contribution in [3.8, 4) is 0 Å². The lowest BCUT2D eigenvalue weighted by molar-refractivity contribution is -0.286. The standard InChI is InChI=1S/C17H30O3/c1-6-7-9-12-10-8-11-13-17(12,5)14(18)20-15(19-13)16(2,3)4/h12-13,15H,6-11H2,1-5H3. The zero-order valence-electron chi connectivity index (χ0n) is 13.7. The van der Waals surface area contributed by atoms with E-state index in [0.717, 1.165) is 19.3 Å². The van der Waals surface area contributed by atoms with E-state index in [0.29, 0.717) is 5.92 Å². The molecule has 0 aromatic carbocycles. The maximum Gasteiger partial charge on any atom is 0.317 e. The smallest absolute Gasteiger partial charge is 0.317 e. The fourth-order valence-corrected chi connectivity index (χ4v) is 3.60. The average Bonchev–Trinajstić information content (AvgIpc) is 2.36. The molecule has 0 aromatic rings. The molecule has 0 spiro atoms. The number of esters is 1. The van der Waals surface area contributed by atoms with Gasteiger partial charge in [0.15, 0.2) is 0 Å². The third kappa shape index (κ3) is 2.74. The molecule has 1 heterocycles. The van der Waals surface area contributed by atoms with Gasteiger partial charge in [0, 0.05) is 5.41 Å². The van der Waals surface area contributed by atoms with E-state index in [1.165, 1.54) is 19.3 Å². The Morgan fingerprint density at radius 2 is 2.00 bits per heavy atom. The SMILES string of the molecule is CCCCC1CCCC2OC(C(C)(C)C)OC(=O)C12C. The van der Waals surface area contributed by atoms with E-state index < -0.39 is 11.7 Å². The Morgan fingerprint density at radius 3 is 2.60 bits per heavy atom. The van der Waals surface area contributed by atoms with Crippen LogP contribution in [-0.4, -0.2) is 18.4 Å². The monoisotopic (exact) mass is 282 g/mol. The normalized spacial score (nSPS) is 38.2. The van der Waals surface area contributed by atoms with Crippen LogP contribution in [0.5, 0.6) is 0 Å². The second-order valence-corrected chi connectivity index (χ2v) is 7.78. The van der Waals surface area contributed by atoms with E-state index in [-0.39, 0.29) is 17.5 Å². The van der Waals surface area contributed by atoms with E-state index in [4.69, 9.17) is 9.47 Å². The maximum absolute atomic E-state index is 12.7. The number of unbranched alkanes of at least 4 members (excludes halogenated alkanes) is 1. The molecule has 4 atom stereocenters. The molecule has 4 unspecified atom stereocenters. The van der Waals surface area contributed by atoms with Crippen molar-refractivity contribution in [2.24, 2.45) is 16.7 Å². The van der Waals surface area contributed by atoms with E-state index >= 15 is 0 Å². The minimum absolute atomic E-state index is 0.0311. The second kappa shape index (κ2) is 5.67. The van der Waals surface area contributed by atoms with Crippen LogP contribution in [0.3, 0.4) is 0 Å². The Balaban J connectivity index is 2.18. The summed E-state index contributed by atoms with van der Waals surface area (Å²) in [6.45, 7) is 10.5. The Bertz CT molecular complexity index is 358. The van der Waals surface area contributed by atoms with Gasteiger partial charge in [0.2, 0.25) is 6.29 Å². The van der Waals surface area contributed by atoms with Gasteiger partial charge < -0.3 is 9.47 Å². The average molecular weight is 282 g/mol. The minimum Gasteiger partial charge on any atom is -0.435 e. The quantitative estimate of drug-likeness (QED) is 0.724. The molecule has 3 nitrogen and oxygen atoms in total. The Hall–Kier alpha value is -0.570. The molecule has 0 radical (unpaired) electrons. The van der Waals surface area contributed by atoms with Crippen molar-refractivity contribution in [1.82, 2.24) is 0 Å². The maximum atomic E-state index is 12.7. The van der Waals surface area contributed by atoms with Gasteiger partial charge in [0.05, 0.1) is 11.5 Å². The molecule has 1 saturated carbocycles. The molecule has 1 aliphatic heterocycles. The van der Waals surface area contributed by atoms with Crippen LogP contribution in [0.1, 0.15) is 73.1 Å². The lowest BCUT2D eigenvalue weighted by Gasteiger charge is -2.51. The van der Waals surface area contributed by atoms with Gasteiger partial charge in [-0.1, -0.05) is 47.0 Å². The predicted octanol–water partition coefficient (Wildman–Crippen LogP) is 4.30. The number of ether oxygens (including phenoxy) is 2. The molecule has 116 valence electrons. The van der Waals surface area contributed by atoms with E-state index in [1.807, 2.05) is 0 Å². The first-order valence-electron chi connectivity index (χ1n) is 8.16. The summed E-state index contributed by atoms with van der Waals surface area (Å²) in [5, 5.41) is 0. The van der Waals surface area contributed by atoms with Crippen LogP contribution in [0.2, 0.25) is 0 Å². The van der Waals surface area contributed by atoms with Crippen LogP contribution in [-0.2, 0) is 14.3 Å². The topological polar surface area (TPSA) is 35.5 Å². The molecule has 3 heteroatoms. The molecule has 2 aliphatic rings. The number of cyclic esters (lactones) is 1. The van der Waals surface area contributed by atoms with Gasteiger partial charge in [-0.15, -0.1) is 0 Å². The zero-order valence-corrected chi connectivity index (χ0v) is 13.7. The van der Waals surface area contributed by atoms with Crippen molar-refractivity contribution >= 4 is 5.97 Å². The Labute approximate surface area is 123 Å². The van der Waals surface area contributed by atoms with Gasteiger partial charge in [-0.2, -0.15) is 0 Å². The lowest BCUT2D eigenvalue weighted by Crippen LogP contribution is -2.58. The molecule has 2 fully saturated rings. The Morgan fingerprint density at radius 1 is 1.30 bits per heavy atom. The summed E-state index contributed by atoms with van der Waals surface area (Å²) in [7, 11) is 0. The number of rotatable bonds is 3. The highest BCUT2D eigenvalue weighted by atomic mass is 16.7. The summed E-state index contributed by atoms with van der Waals surface area (Å²) in [5.41, 5.74) is -0.595. The van der Waals surface area contributed by atoms with Crippen LogP contribution < -0.4 is 0 Å². The van der Waals surface area contributed by atoms with Crippen LogP contribution in [0.15, 0.2) is 0 Å². The van der Waals surface area contributed by atoms with Crippen LogP contribution in [0.25, 0.3) is 0 Å². The summed E-state index contributed by atoms with van der Waals surface area (Å²) in [6.07, 6.45) is 6.38. The van der Waals surface area contributed by atoms with Crippen molar-refractivity contribution in [2.75, 3.05) is 0 Å². The summed E-state index contributed by atoms with van der Waals surface area (Å²) < 4.78 is 11.9. The first-order chi connectivity index (χ1) is 9.30. The van der Waals surface area contributed by atoms with Crippen LogP contribution >= 0.6 is 0 Å². The van der Waals surface area contributed by atoms with Gasteiger partial charge in [0.1, 0.15) is 0 Å². The highest BCUT2D eigenvalue weighted by molar-refractivity contribution is 5.78. The van der Waals surface area contributed by atoms with Crippen molar-refractivity contribution in [2.45, 2.75) is 85.5 Å². The second-order valence-electron chi connectivity index (χ2n) is 7.78. The lowest BCUT2D eigenvalue weighted by atomic mass is 9.63. The van der Waals surface area contributed by atoms with Gasteiger partial charge in [0.25, 0.3) is 0 Å². The van der Waals surface area contributed by atoms with Crippen molar-refractivity contribution < 1.29 is 14.3 Å². The van der Waals surface area contributed by atoms with Crippen molar-refractivity contribution in [3.05, 3.63) is 0 Å². The molecule has 2 rings (SSSR count). The van der Waals surface area contributed by atoms with E-state index in [1.54, 1.807) is 0 Å². The minimum atomic E-state index is -0.435. The van der Waals surface area contributed by atoms with Gasteiger partial charge >= 0.3 is 5.97 Å². The first kappa shape index (κ1) is 15.8. The van der Waals surface area contributed by atoms with E-state index in [2.05, 4.69) is 34.6 Å². The van der Waals surface area contributed by atoms with Crippen LogP contribution in [0, 0.1) is 16.7 Å². The van der Waals surface area contributed by atoms with Gasteiger partial charge in [-0.05, 0) is 32.1 Å². The first-order valence-corrected chi connectivity index (χ1v) is 8.16. The molecule has 20 heavy (non-hydrogen) atoms. The molecular formula is C17H30O3. The van der Waals surface area contributed by atoms with Crippen molar-refractivity contribution in [3.63, 3.8) is 0 Å². The van der Waals surface area contributed by atoms with E-state index in [9.17, 15) is 4.79 Å². The highest BCUT2D eigenvalue weighted by Crippen LogP contribution is 2.50. The number of hydrogen-bond donors (Lipinski definition) is 0. The fourth-order valence-electron chi connectivity index (χ4n) is 3.60. The largest absolute Gasteiger partial charge is 0.435 e. The fraction of sp³-hybridized carbons (Fsp3) is 0.941. The van der Waals surface area contributed by atoms with Gasteiger partial charge in [-0.25, -0.2) is 0 Å². The summed E-state index contributed by atoms with van der Waals surface area (Å²) in [6, 6.07) is 0. The number of fused-ring (bicyclic) bond motifs is 1. The summed E-state index contributed by atoms with van der Waals surface area (Å²) >= 11 is 0. The highest BCUT2D eigenvalue weighted by Gasteiger charge is 2.56. The van der Waals surface area contributed by atoms with Gasteiger partial charge in [-0.3, -0.25) is 4.79 Å². The molecule has 0 bridgehead atoms. The molecule has 1 aliphatic carbocycles. The number of carbonyl (C=O) groups is 1. The molecule has 1 saturated heterocycles. The molecule has 0 amide bonds. The van der Waals surface area contributed by atoms with Crippen LogP contribution in [0.4, 0.5) is 0 Å². The third-order valence-electron chi connectivity index (χ3n) is 5.09. The third-order valence-corrected chi connectivity index (χ3v) is 5.09. The number of hydrogen-bond acceptors (Lipinski definition) is 3.